The minimum absolute atomic E-state index is 0.354. The normalized spacial score (nSPS) is 12.8. The number of fused-ring (bicyclic) bond motifs is 2. The summed E-state index contributed by atoms with van der Waals surface area (Å²) in [6.07, 6.45) is 6.15. The Morgan fingerprint density at radius 3 is 3.12 bits per heavy atom. The SMILES string of the molecule is CC(OC(=O)/C=C/c1c(Cl)nc2sccn12)c1cnc2ccccc2c1. The van der Waals surface area contributed by atoms with Crippen LogP contribution in [-0.4, -0.2) is 20.3 Å². The van der Waals surface area contributed by atoms with Crippen molar-refractivity contribution in [1.82, 2.24) is 14.4 Å². The molecule has 0 aliphatic heterocycles. The number of hydrogen-bond donors (Lipinski definition) is 0. The molecule has 0 spiro atoms. The third kappa shape index (κ3) is 3.21. The van der Waals surface area contributed by atoms with E-state index in [0.29, 0.717) is 10.8 Å². The number of ether oxygens (including phenoxy) is 1. The largest absolute Gasteiger partial charge is 0.455 e. The highest BCUT2D eigenvalue weighted by atomic mass is 35.5. The molecule has 1 unspecified atom stereocenters. The zero-order chi connectivity index (χ0) is 18.1. The van der Waals surface area contributed by atoms with Gasteiger partial charge in [0.05, 0.1) is 11.2 Å². The lowest BCUT2D eigenvalue weighted by atomic mass is 10.1. The monoisotopic (exact) mass is 383 g/mol. The lowest BCUT2D eigenvalue weighted by Gasteiger charge is -2.12. The molecule has 0 bridgehead atoms. The summed E-state index contributed by atoms with van der Waals surface area (Å²) in [5.74, 6) is -0.452. The highest BCUT2D eigenvalue weighted by Gasteiger charge is 2.12. The first-order valence-electron chi connectivity index (χ1n) is 7.96. The molecule has 0 aliphatic rings. The average molecular weight is 384 g/mol. The van der Waals surface area contributed by atoms with E-state index in [1.54, 1.807) is 12.3 Å². The van der Waals surface area contributed by atoms with Gasteiger partial charge in [-0.15, -0.1) is 11.3 Å². The zero-order valence-corrected chi connectivity index (χ0v) is 15.4. The van der Waals surface area contributed by atoms with Gasteiger partial charge in [0.1, 0.15) is 6.10 Å². The standard InChI is InChI=1S/C19H14ClN3O2S/c1-12(14-10-13-4-2-3-5-15(13)21-11-14)25-17(24)7-6-16-18(20)22-19-23(16)8-9-26-19/h2-12H,1H3/b7-6+. The third-order valence-electron chi connectivity index (χ3n) is 4.01. The van der Waals surface area contributed by atoms with Crippen LogP contribution in [0.1, 0.15) is 24.3 Å². The van der Waals surface area contributed by atoms with Gasteiger partial charge in [0.25, 0.3) is 0 Å². The highest BCUT2D eigenvalue weighted by molar-refractivity contribution is 7.15. The van der Waals surface area contributed by atoms with Crippen LogP contribution in [0.4, 0.5) is 0 Å². The Morgan fingerprint density at radius 2 is 2.23 bits per heavy atom. The van der Waals surface area contributed by atoms with Crippen molar-refractivity contribution in [2.75, 3.05) is 0 Å². The van der Waals surface area contributed by atoms with Crippen molar-refractivity contribution in [3.05, 3.63) is 70.6 Å². The molecule has 0 saturated carbocycles. The van der Waals surface area contributed by atoms with Crippen LogP contribution >= 0.6 is 22.9 Å². The maximum atomic E-state index is 12.2. The first-order valence-corrected chi connectivity index (χ1v) is 9.22. The second kappa shape index (κ2) is 6.90. The van der Waals surface area contributed by atoms with E-state index in [9.17, 15) is 4.79 Å². The molecule has 26 heavy (non-hydrogen) atoms. The fourth-order valence-corrected chi connectivity index (χ4v) is 3.67. The number of esters is 1. The van der Waals surface area contributed by atoms with Crippen molar-refractivity contribution in [1.29, 1.82) is 0 Å². The Hall–Kier alpha value is -2.70. The summed E-state index contributed by atoms with van der Waals surface area (Å²) in [5, 5.41) is 3.27. The lowest BCUT2D eigenvalue weighted by Crippen LogP contribution is -2.06. The number of para-hydroxylation sites is 1. The Labute approximate surface area is 158 Å². The molecule has 0 radical (unpaired) electrons. The van der Waals surface area contributed by atoms with Gasteiger partial charge in [0.15, 0.2) is 10.1 Å². The van der Waals surface area contributed by atoms with Crippen molar-refractivity contribution >= 4 is 50.8 Å². The number of carbonyl (C=O) groups is 1. The smallest absolute Gasteiger partial charge is 0.331 e. The maximum Gasteiger partial charge on any atom is 0.331 e. The summed E-state index contributed by atoms with van der Waals surface area (Å²) >= 11 is 7.59. The van der Waals surface area contributed by atoms with E-state index in [4.69, 9.17) is 16.3 Å². The van der Waals surface area contributed by atoms with Gasteiger partial charge in [-0.05, 0) is 25.1 Å². The molecule has 3 heterocycles. The van der Waals surface area contributed by atoms with Crippen molar-refractivity contribution in [2.24, 2.45) is 0 Å². The van der Waals surface area contributed by atoms with E-state index in [1.807, 2.05) is 53.2 Å². The van der Waals surface area contributed by atoms with Gasteiger partial charge < -0.3 is 4.74 Å². The predicted octanol–water partition coefficient (Wildman–Crippen LogP) is 4.92. The number of aromatic nitrogens is 3. The van der Waals surface area contributed by atoms with E-state index >= 15 is 0 Å². The van der Waals surface area contributed by atoms with Crippen LogP contribution in [0.3, 0.4) is 0 Å². The topological polar surface area (TPSA) is 56.5 Å². The molecule has 1 aromatic carbocycles. The molecule has 5 nitrogen and oxygen atoms in total. The van der Waals surface area contributed by atoms with Crippen molar-refractivity contribution in [2.45, 2.75) is 13.0 Å². The van der Waals surface area contributed by atoms with Crippen molar-refractivity contribution in [3.63, 3.8) is 0 Å². The van der Waals surface area contributed by atoms with Crippen molar-refractivity contribution in [3.8, 4) is 0 Å². The summed E-state index contributed by atoms with van der Waals surface area (Å²) in [5.41, 5.74) is 2.40. The van der Waals surface area contributed by atoms with Crippen molar-refractivity contribution < 1.29 is 9.53 Å². The summed E-state index contributed by atoms with van der Waals surface area (Å²) < 4.78 is 7.31. The number of nitrogens with zero attached hydrogens (tertiary/aromatic N) is 3. The van der Waals surface area contributed by atoms with Gasteiger partial charge >= 0.3 is 5.97 Å². The van der Waals surface area contributed by atoms with Crippen LogP contribution in [0.25, 0.3) is 21.9 Å². The number of imidazole rings is 1. The lowest BCUT2D eigenvalue weighted by molar-refractivity contribution is -0.142. The Bertz CT molecular complexity index is 1130. The zero-order valence-electron chi connectivity index (χ0n) is 13.8. The van der Waals surface area contributed by atoms with Crippen LogP contribution in [0, 0.1) is 0 Å². The molecule has 4 aromatic rings. The highest BCUT2D eigenvalue weighted by Crippen LogP contribution is 2.23. The first-order chi connectivity index (χ1) is 12.6. The van der Waals surface area contributed by atoms with Gasteiger partial charge in [-0.3, -0.25) is 9.38 Å². The van der Waals surface area contributed by atoms with Gasteiger partial charge in [-0.2, -0.15) is 0 Å². The number of rotatable bonds is 4. The molecule has 3 aromatic heterocycles. The molecule has 7 heteroatoms. The molecule has 1 atom stereocenters. The third-order valence-corrected chi connectivity index (χ3v) is 5.04. The predicted molar refractivity (Wildman–Crippen MR) is 103 cm³/mol. The van der Waals surface area contributed by atoms with E-state index in [-0.39, 0.29) is 0 Å². The van der Waals surface area contributed by atoms with Gasteiger partial charge in [0.2, 0.25) is 0 Å². The Morgan fingerprint density at radius 1 is 1.38 bits per heavy atom. The van der Waals surface area contributed by atoms with Crippen LogP contribution < -0.4 is 0 Å². The number of benzene rings is 1. The van der Waals surface area contributed by atoms with Crippen LogP contribution in [0.2, 0.25) is 5.15 Å². The minimum atomic E-state index is -0.452. The molecule has 130 valence electrons. The molecular formula is C19H14ClN3O2S. The van der Waals surface area contributed by atoms with E-state index in [0.717, 1.165) is 21.4 Å². The summed E-state index contributed by atoms with van der Waals surface area (Å²) in [4.78, 5) is 21.6. The first kappa shape index (κ1) is 16.8. The molecule has 0 amide bonds. The average Bonchev–Trinajstić information content (AvgIpc) is 3.20. The van der Waals surface area contributed by atoms with Gasteiger partial charge in [-0.1, -0.05) is 29.8 Å². The molecule has 0 N–H and O–H groups in total. The quantitative estimate of drug-likeness (QED) is 0.371. The Balaban J connectivity index is 1.49. The maximum absolute atomic E-state index is 12.2. The van der Waals surface area contributed by atoms with Gasteiger partial charge in [-0.25, -0.2) is 9.78 Å². The molecule has 0 saturated heterocycles. The van der Waals surface area contributed by atoms with E-state index in [1.165, 1.54) is 17.4 Å². The fourth-order valence-electron chi connectivity index (χ4n) is 2.66. The number of thiazole rings is 1. The van der Waals surface area contributed by atoms with Crippen LogP contribution in [0.5, 0.6) is 0 Å². The summed E-state index contributed by atoms with van der Waals surface area (Å²) in [6.45, 7) is 1.82. The number of carbonyl (C=O) groups excluding carboxylic acids is 1. The second-order valence-corrected chi connectivity index (χ2v) is 6.95. The summed E-state index contributed by atoms with van der Waals surface area (Å²) in [7, 11) is 0. The minimum Gasteiger partial charge on any atom is -0.455 e. The fraction of sp³-hybridized carbons (Fsp3) is 0.105. The second-order valence-electron chi connectivity index (χ2n) is 5.72. The molecule has 0 aliphatic carbocycles. The molecular weight excluding hydrogens is 370 g/mol. The molecule has 4 rings (SSSR count). The summed E-state index contributed by atoms with van der Waals surface area (Å²) in [6, 6.07) is 9.79. The van der Waals surface area contributed by atoms with Crippen LogP contribution in [0.15, 0.2) is 54.2 Å². The van der Waals surface area contributed by atoms with E-state index < -0.39 is 12.1 Å². The number of hydrogen-bond acceptors (Lipinski definition) is 5. The Kier molecular flexibility index (Phi) is 4.44. The van der Waals surface area contributed by atoms with Gasteiger partial charge in [0, 0.05) is 34.8 Å². The van der Waals surface area contributed by atoms with E-state index in [2.05, 4.69) is 9.97 Å². The van der Waals surface area contributed by atoms with Crippen LogP contribution in [-0.2, 0) is 9.53 Å². The number of halogens is 1. The number of pyridine rings is 1. The molecule has 0 fully saturated rings.